The van der Waals surface area contributed by atoms with Gasteiger partial charge in [-0.1, -0.05) is 30.0 Å². The van der Waals surface area contributed by atoms with Crippen LogP contribution in [-0.2, 0) is 0 Å². The van der Waals surface area contributed by atoms with Crippen LogP contribution in [0.2, 0.25) is 0 Å². The van der Waals surface area contributed by atoms with E-state index < -0.39 is 0 Å². The van der Waals surface area contributed by atoms with Gasteiger partial charge in [0.05, 0.1) is 0 Å². The van der Waals surface area contributed by atoms with Crippen LogP contribution in [0.25, 0.3) is 0 Å². The summed E-state index contributed by atoms with van der Waals surface area (Å²) in [5.74, 6) is 0.109. The first-order valence-corrected chi connectivity index (χ1v) is 6.57. The quantitative estimate of drug-likeness (QED) is 0.649. The SMILES string of the molecule is Cc1ccc(Sc2ccc(C(=N)N)cc2)cc1C. The molecule has 0 aliphatic heterocycles. The minimum atomic E-state index is 0.109. The minimum absolute atomic E-state index is 0.109. The van der Waals surface area contributed by atoms with Gasteiger partial charge in [0.1, 0.15) is 5.84 Å². The molecule has 0 unspecified atom stereocenters. The fourth-order valence-corrected chi connectivity index (χ4v) is 2.53. The van der Waals surface area contributed by atoms with Gasteiger partial charge in [0.2, 0.25) is 0 Å². The van der Waals surface area contributed by atoms with E-state index in [-0.39, 0.29) is 5.84 Å². The summed E-state index contributed by atoms with van der Waals surface area (Å²) in [6.07, 6.45) is 0. The molecule has 0 aromatic heterocycles. The number of hydrogen-bond acceptors (Lipinski definition) is 2. The van der Waals surface area contributed by atoms with Gasteiger partial charge in [-0.3, -0.25) is 5.41 Å². The van der Waals surface area contributed by atoms with Crippen molar-refractivity contribution in [2.75, 3.05) is 0 Å². The van der Waals surface area contributed by atoms with Crippen molar-refractivity contribution in [3.63, 3.8) is 0 Å². The lowest BCUT2D eigenvalue weighted by Gasteiger charge is -2.06. The zero-order chi connectivity index (χ0) is 13.1. The monoisotopic (exact) mass is 256 g/mol. The number of nitrogen functional groups attached to an aromatic ring is 1. The van der Waals surface area contributed by atoms with E-state index in [1.165, 1.54) is 16.0 Å². The summed E-state index contributed by atoms with van der Waals surface area (Å²) in [7, 11) is 0. The van der Waals surface area contributed by atoms with E-state index in [9.17, 15) is 0 Å². The Hall–Kier alpha value is -1.74. The molecule has 92 valence electrons. The molecular weight excluding hydrogens is 240 g/mol. The zero-order valence-corrected chi connectivity index (χ0v) is 11.3. The number of nitrogens with two attached hydrogens (primary N) is 1. The Balaban J connectivity index is 2.18. The number of benzene rings is 2. The summed E-state index contributed by atoms with van der Waals surface area (Å²) >= 11 is 1.72. The molecular formula is C15H16N2S. The summed E-state index contributed by atoms with van der Waals surface area (Å²) in [5, 5.41) is 7.35. The van der Waals surface area contributed by atoms with E-state index in [0.29, 0.717) is 0 Å². The average molecular weight is 256 g/mol. The molecule has 0 atom stereocenters. The number of hydrogen-bond donors (Lipinski definition) is 2. The number of nitrogens with one attached hydrogen (secondary N) is 1. The van der Waals surface area contributed by atoms with Crippen molar-refractivity contribution in [2.24, 2.45) is 5.73 Å². The lowest BCUT2D eigenvalue weighted by Crippen LogP contribution is -2.10. The van der Waals surface area contributed by atoms with Crippen LogP contribution < -0.4 is 5.73 Å². The fraction of sp³-hybridized carbons (Fsp3) is 0.133. The lowest BCUT2D eigenvalue weighted by atomic mass is 10.1. The standard InChI is InChI=1S/C15H16N2S/c1-10-3-6-14(9-11(10)2)18-13-7-4-12(5-8-13)15(16)17/h3-9H,1-2H3,(H3,16,17). The van der Waals surface area contributed by atoms with E-state index in [2.05, 4.69) is 32.0 Å². The van der Waals surface area contributed by atoms with Crippen LogP contribution in [0.5, 0.6) is 0 Å². The normalized spacial score (nSPS) is 10.3. The van der Waals surface area contributed by atoms with E-state index in [1.54, 1.807) is 11.8 Å². The molecule has 0 spiro atoms. The van der Waals surface area contributed by atoms with Crippen LogP contribution in [0.15, 0.2) is 52.3 Å². The Morgan fingerprint density at radius 2 is 1.56 bits per heavy atom. The van der Waals surface area contributed by atoms with Crippen LogP contribution in [0.1, 0.15) is 16.7 Å². The molecule has 0 amide bonds. The average Bonchev–Trinajstić information content (AvgIpc) is 2.34. The zero-order valence-electron chi connectivity index (χ0n) is 10.5. The number of aryl methyl sites for hydroxylation is 2. The van der Waals surface area contributed by atoms with Gasteiger partial charge in [0.25, 0.3) is 0 Å². The highest BCUT2D eigenvalue weighted by Gasteiger charge is 2.01. The molecule has 0 saturated carbocycles. The molecule has 2 rings (SSSR count). The van der Waals surface area contributed by atoms with Crippen LogP contribution in [0.4, 0.5) is 0 Å². The van der Waals surface area contributed by atoms with Gasteiger partial charge in [-0.05, 0) is 49.2 Å². The third-order valence-electron chi connectivity index (χ3n) is 2.88. The van der Waals surface area contributed by atoms with Gasteiger partial charge in [-0.25, -0.2) is 0 Å². The Bertz CT molecular complexity index is 574. The third kappa shape index (κ3) is 2.93. The van der Waals surface area contributed by atoms with E-state index in [0.717, 1.165) is 10.5 Å². The molecule has 0 saturated heterocycles. The summed E-state index contributed by atoms with van der Waals surface area (Å²) in [5.41, 5.74) is 8.81. The molecule has 0 aliphatic carbocycles. The van der Waals surface area contributed by atoms with Crippen molar-refractivity contribution in [3.05, 3.63) is 59.2 Å². The Labute approximate surface area is 112 Å². The van der Waals surface area contributed by atoms with Crippen molar-refractivity contribution in [3.8, 4) is 0 Å². The van der Waals surface area contributed by atoms with Crippen molar-refractivity contribution >= 4 is 17.6 Å². The second-order valence-corrected chi connectivity index (χ2v) is 5.43. The largest absolute Gasteiger partial charge is 0.384 e. The second-order valence-electron chi connectivity index (χ2n) is 4.29. The van der Waals surface area contributed by atoms with Crippen molar-refractivity contribution in [2.45, 2.75) is 23.6 Å². The van der Waals surface area contributed by atoms with Crippen LogP contribution in [-0.4, -0.2) is 5.84 Å². The third-order valence-corrected chi connectivity index (χ3v) is 3.88. The van der Waals surface area contributed by atoms with Gasteiger partial charge in [-0.15, -0.1) is 0 Å². The molecule has 3 N–H and O–H groups in total. The first-order valence-electron chi connectivity index (χ1n) is 5.76. The second kappa shape index (κ2) is 5.27. The van der Waals surface area contributed by atoms with Gasteiger partial charge in [-0.2, -0.15) is 0 Å². The molecule has 0 fully saturated rings. The van der Waals surface area contributed by atoms with Crippen molar-refractivity contribution in [1.29, 1.82) is 5.41 Å². The maximum absolute atomic E-state index is 7.35. The minimum Gasteiger partial charge on any atom is -0.384 e. The van der Waals surface area contributed by atoms with Gasteiger partial charge >= 0.3 is 0 Å². The predicted molar refractivity (Wildman–Crippen MR) is 77.5 cm³/mol. The van der Waals surface area contributed by atoms with Gasteiger partial charge in [0.15, 0.2) is 0 Å². The molecule has 2 nitrogen and oxygen atoms in total. The fourth-order valence-electron chi connectivity index (χ4n) is 1.62. The maximum Gasteiger partial charge on any atom is 0.122 e. The summed E-state index contributed by atoms with van der Waals surface area (Å²) in [4.78, 5) is 2.39. The molecule has 0 bridgehead atoms. The Morgan fingerprint density at radius 1 is 0.944 bits per heavy atom. The first-order chi connectivity index (χ1) is 8.56. The lowest BCUT2D eigenvalue weighted by molar-refractivity contribution is 1.27. The summed E-state index contributed by atoms with van der Waals surface area (Å²) in [6, 6.07) is 14.2. The summed E-state index contributed by atoms with van der Waals surface area (Å²) in [6.45, 7) is 4.24. The Kier molecular flexibility index (Phi) is 3.72. The highest BCUT2D eigenvalue weighted by molar-refractivity contribution is 7.99. The number of amidine groups is 1. The van der Waals surface area contributed by atoms with Gasteiger partial charge < -0.3 is 5.73 Å². The molecule has 0 aliphatic rings. The first kappa shape index (κ1) is 12.7. The smallest absolute Gasteiger partial charge is 0.122 e. The highest BCUT2D eigenvalue weighted by Crippen LogP contribution is 2.29. The van der Waals surface area contributed by atoms with Crippen molar-refractivity contribution in [1.82, 2.24) is 0 Å². The van der Waals surface area contributed by atoms with E-state index in [1.807, 2.05) is 24.3 Å². The molecule has 2 aromatic rings. The van der Waals surface area contributed by atoms with Crippen LogP contribution >= 0.6 is 11.8 Å². The number of rotatable bonds is 3. The molecule has 2 aromatic carbocycles. The van der Waals surface area contributed by atoms with Crippen LogP contribution in [0.3, 0.4) is 0 Å². The van der Waals surface area contributed by atoms with E-state index >= 15 is 0 Å². The van der Waals surface area contributed by atoms with Gasteiger partial charge in [0, 0.05) is 15.4 Å². The molecule has 0 radical (unpaired) electrons. The summed E-state index contributed by atoms with van der Waals surface area (Å²) < 4.78 is 0. The predicted octanol–water partition coefficient (Wildman–Crippen LogP) is 3.74. The van der Waals surface area contributed by atoms with Crippen LogP contribution in [0, 0.1) is 19.3 Å². The maximum atomic E-state index is 7.35. The van der Waals surface area contributed by atoms with E-state index in [4.69, 9.17) is 11.1 Å². The highest BCUT2D eigenvalue weighted by atomic mass is 32.2. The topological polar surface area (TPSA) is 49.9 Å². The molecule has 0 heterocycles. The molecule has 3 heteroatoms. The molecule has 18 heavy (non-hydrogen) atoms. The van der Waals surface area contributed by atoms with Crippen molar-refractivity contribution < 1.29 is 0 Å². The Morgan fingerprint density at radius 3 is 2.11 bits per heavy atom.